The molecule has 0 radical (unpaired) electrons. The average molecular weight is 284 g/mol. The number of carbonyl (C=O) groups is 1. The summed E-state index contributed by atoms with van der Waals surface area (Å²) >= 11 is 0. The largest absolute Gasteiger partial charge is 0.351 e. The number of fused-ring (bicyclic) bond motifs is 1. The highest BCUT2D eigenvalue weighted by Crippen LogP contribution is 2.09. The highest BCUT2D eigenvalue weighted by atomic mass is 16.1. The van der Waals surface area contributed by atoms with Gasteiger partial charge in [0.25, 0.3) is 5.91 Å². The zero-order valence-electron chi connectivity index (χ0n) is 11.9. The minimum absolute atomic E-state index is 0.118. The number of aromatic nitrogens is 5. The van der Waals surface area contributed by atoms with Crippen LogP contribution in [0, 0.1) is 13.8 Å². The van der Waals surface area contributed by atoms with Gasteiger partial charge in [-0.05, 0) is 26.0 Å². The van der Waals surface area contributed by atoms with Crippen molar-refractivity contribution < 1.29 is 4.79 Å². The molecule has 108 valence electrons. The predicted molar refractivity (Wildman–Crippen MR) is 77.1 cm³/mol. The second kappa shape index (κ2) is 5.35. The zero-order valence-corrected chi connectivity index (χ0v) is 11.9. The van der Waals surface area contributed by atoms with Crippen molar-refractivity contribution in [3.8, 4) is 0 Å². The van der Waals surface area contributed by atoms with E-state index in [9.17, 15) is 4.79 Å². The van der Waals surface area contributed by atoms with Crippen molar-refractivity contribution in [1.82, 2.24) is 30.1 Å². The Hall–Kier alpha value is -2.70. The van der Waals surface area contributed by atoms with E-state index >= 15 is 0 Å². The maximum absolute atomic E-state index is 12.1. The molecular formula is C14H16N6O. The minimum atomic E-state index is -0.118. The number of aromatic amines is 1. The van der Waals surface area contributed by atoms with Gasteiger partial charge in [0.15, 0.2) is 5.65 Å². The first-order chi connectivity index (χ1) is 10.2. The number of nitrogens with zero attached hydrogens (tertiary/aromatic N) is 4. The number of hydrogen-bond donors (Lipinski definition) is 2. The van der Waals surface area contributed by atoms with E-state index in [1.807, 2.05) is 42.6 Å². The van der Waals surface area contributed by atoms with E-state index in [0.717, 1.165) is 17.2 Å². The van der Waals surface area contributed by atoms with Gasteiger partial charge in [-0.1, -0.05) is 6.07 Å². The molecule has 0 saturated heterocycles. The number of aryl methyl sites for hydroxylation is 2. The Bertz CT molecular complexity index is 768. The second-order valence-electron chi connectivity index (χ2n) is 4.86. The molecule has 21 heavy (non-hydrogen) atoms. The van der Waals surface area contributed by atoms with Crippen molar-refractivity contribution in [2.24, 2.45) is 0 Å². The van der Waals surface area contributed by atoms with Crippen LogP contribution in [-0.2, 0) is 6.42 Å². The maximum atomic E-state index is 12.1. The molecule has 0 bridgehead atoms. The molecule has 0 aromatic carbocycles. The van der Waals surface area contributed by atoms with Gasteiger partial charge in [-0.2, -0.15) is 5.10 Å². The van der Waals surface area contributed by atoms with Crippen molar-refractivity contribution in [3.63, 3.8) is 0 Å². The lowest BCUT2D eigenvalue weighted by Gasteiger charge is -2.04. The molecule has 1 amide bonds. The average Bonchev–Trinajstić information content (AvgIpc) is 3.03. The second-order valence-corrected chi connectivity index (χ2v) is 4.86. The van der Waals surface area contributed by atoms with Crippen LogP contribution in [0.4, 0.5) is 0 Å². The Balaban J connectivity index is 1.65. The molecule has 7 heteroatoms. The quantitative estimate of drug-likeness (QED) is 0.749. The topological polar surface area (TPSA) is 88.0 Å². The molecular weight excluding hydrogens is 268 g/mol. The summed E-state index contributed by atoms with van der Waals surface area (Å²) in [5.41, 5.74) is 2.90. The van der Waals surface area contributed by atoms with Gasteiger partial charge in [0, 0.05) is 24.9 Å². The SMILES string of the molecule is Cc1n[nH]c(C)c1C(=O)NCCc1nnc2ccccn12. The van der Waals surface area contributed by atoms with E-state index in [1.54, 1.807) is 0 Å². The first-order valence-corrected chi connectivity index (χ1v) is 6.75. The third-order valence-electron chi connectivity index (χ3n) is 3.37. The van der Waals surface area contributed by atoms with Gasteiger partial charge in [0.2, 0.25) is 0 Å². The molecule has 7 nitrogen and oxygen atoms in total. The van der Waals surface area contributed by atoms with E-state index < -0.39 is 0 Å². The summed E-state index contributed by atoms with van der Waals surface area (Å²) in [7, 11) is 0. The number of rotatable bonds is 4. The Kier molecular flexibility index (Phi) is 3.39. The number of H-pyrrole nitrogens is 1. The lowest BCUT2D eigenvalue weighted by atomic mass is 10.2. The van der Waals surface area contributed by atoms with Crippen molar-refractivity contribution in [2.75, 3.05) is 6.54 Å². The number of hydrogen-bond acceptors (Lipinski definition) is 4. The number of nitrogens with one attached hydrogen (secondary N) is 2. The number of amides is 1. The van der Waals surface area contributed by atoms with E-state index in [4.69, 9.17) is 0 Å². The molecule has 3 aromatic heterocycles. The molecule has 0 spiro atoms. The first-order valence-electron chi connectivity index (χ1n) is 6.75. The Labute approximate surface area is 121 Å². The van der Waals surface area contributed by atoms with Gasteiger partial charge >= 0.3 is 0 Å². The monoisotopic (exact) mass is 284 g/mol. The van der Waals surface area contributed by atoms with Crippen molar-refractivity contribution in [2.45, 2.75) is 20.3 Å². The molecule has 0 fully saturated rings. The van der Waals surface area contributed by atoms with Crippen LogP contribution in [0.3, 0.4) is 0 Å². The summed E-state index contributed by atoms with van der Waals surface area (Å²) in [4.78, 5) is 12.1. The number of pyridine rings is 1. The van der Waals surface area contributed by atoms with Crippen LogP contribution in [-0.4, -0.2) is 37.2 Å². The molecule has 0 aliphatic heterocycles. The molecule has 3 rings (SSSR count). The van der Waals surface area contributed by atoms with Crippen molar-refractivity contribution in [3.05, 3.63) is 47.2 Å². The van der Waals surface area contributed by atoms with Gasteiger partial charge in [-0.25, -0.2) is 0 Å². The summed E-state index contributed by atoms with van der Waals surface area (Å²) in [5, 5.41) is 17.9. The lowest BCUT2D eigenvalue weighted by Crippen LogP contribution is -2.27. The van der Waals surface area contributed by atoms with Crippen molar-refractivity contribution in [1.29, 1.82) is 0 Å². The predicted octanol–water partition coefficient (Wildman–Crippen LogP) is 1.04. The van der Waals surface area contributed by atoms with Crippen LogP contribution in [0.5, 0.6) is 0 Å². The van der Waals surface area contributed by atoms with Gasteiger partial charge in [0.05, 0.1) is 11.3 Å². The Morgan fingerprint density at radius 1 is 1.33 bits per heavy atom. The van der Waals surface area contributed by atoms with Gasteiger partial charge in [-0.3, -0.25) is 14.3 Å². The molecule has 0 aliphatic rings. The fourth-order valence-electron chi connectivity index (χ4n) is 2.32. The number of carbonyl (C=O) groups excluding carboxylic acids is 1. The summed E-state index contributed by atoms with van der Waals surface area (Å²) < 4.78 is 1.92. The molecule has 0 atom stereocenters. The molecule has 0 unspecified atom stereocenters. The molecule has 3 aromatic rings. The summed E-state index contributed by atoms with van der Waals surface area (Å²) in [6, 6.07) is 5.74. The maximum Gasteiger partial charge on any atom is 0.255 e. The van der Waals surface area contributed by atoms with Gasteiger partial charge < -0.3 is 5.32 Å². The zero-order chi connectivity index (χ0) is 14.8. The van der Waals surface area contributed by atoms with Crippen LogP contribution in [0.1, 0.15) is 27.6 Å². The first kappa shape index (κ1) is 13.3. The highest BCUT2D eigenvalue weighted by Gasteiger charge is 2.14. The molecule has 0 saturated carbocycles. The third-order valence-corrected chi connectivity index (χ3v) is 3.37. The smallest absolute Gasteiger partial charge is 0.255 e. The van der Waals surface area contributed by atoms with Crippen LogP contribution >= 0.6 is 0 Å². The van der Waals surface area contributed by atoms with Crippen LogP contribution in [0.2, 0.25) is 0 Å². The van der Waals surface area contributed by atoms with E-state index in [1.165, 1.54) is 0 Å². The molecule has 3 heterocycles. The Morgan fingerprint density at radius 3 is 2.95 bits per heavy atom. The Morgan fingerprint density at radius 2 is 2.19 bits per heavy atom. The minimum Gasteiger partial charge on any atom is -0.351 e. The summed E-state index contributed by atoms with van der Waals surface area (Å²) in [6.45, 7) is 4.14. The van der Waals surface area contributed by atoms with Crippen molar-refractivity contribution >= 4 is 11.6 Å². The lowest BCUT2D eigenvalue weighted by molar-refractivity contribution is 0.0953. The highest BCUT2D eigenvalue weighted by molar-refractivity contribution is 5.96. The van der Waals surface area contributed by atoms with E-state index in [2.05, 4.69) is 25.7 Å². The van der Waals surface area contributed by atoms with E-state index in [-0.39, 0.29) is 5.91 Å². The summed E-state index contributed by atoms with van der Waals surface area (Å²) in [6.07, 6.45) is 2.53. The fraction of sp³-hybridized carbons (Fsp3) is 0.286. The molecule has 2 N–H and O–H groups in total. The van der Waals surface area contributed by atoms with Crippen LogP contribution in [0.25, 0.3) is 5.65 Å². The third kappa shape index (κ3) is 2.49. The summed E-state index contributed by atoms with van der Waals surface area (Å²) in [5.74, 6) is 0.708. The molecule has 0 aliphatic carbocycles. The van der Waals surface area contributed by atoms with Crippen LogP contribution < -0.4 is 5.32 Å². The van der Waals surface area contributed by atoms with Crippen LogP contribution in [0.15, 0.2) is 24.4 Å². The van der Waals surface area contributed by atoms with E-state index in [0.29, 0.717) is 24.2 Å². The fourth-order valence-corrected chi connectivity index (χ4v) is 2.32. The van der Waals surface area contributed by atoms with Gasteiger partial charge in [-0.15, -0.1) is 10.2 Å². The normalized spacial score (nSPS) is 11.0. The van der Waals surface area contributed by atoms with Gasteiger partial charge in [0.1, 0.15) is 5.82 Å². The standard InChI is InChI=1S/C14H16N6O/c1-9-13(10(2)17-16-9)14(21)15-7-6-12-19-18-11-5-3-4-8-20(11)12/h3-5,8H,6-7H2,1-2H3,(H,15,21)(H,16,17).